The van der Waals surface area contributed by atoms with Crippen LogP contribution < -0.4 is 25.8 Å². The third kappa shape index (κ3) is 34.9. The first-order chi connectivity index (χ1) is 36.4. The van der Waals surface area contributed by atoms with E-state index in [9.17, 15) is 38.4 Å². The van der Waals surface area contributed by atoms with Crippen molar-refractivity contribution in [3.63, 3.8) is 0 Å². The Labute approximate surface area is 483 Å². The Morgan fingerprint density at radius 3 is 0.815 bits per heavy atom. The largest absolute Gasteiger partial charge is 0.458 e. The highest BCUT2D eigenvalue weighted by Gasteiger charge is 2.35. The molecule has 0 aliphatic rings. The molecule has 0 aliphatic carbocycles. The van der Waals surface area contributed by atoms with Gasteiger partial charge in [0.05, 0.1) is 0 Å². The molecule has 0 saturated heterocycles. The highest BCUT2D eigenvalue weighted by molar-refractivity contribution is 5.84. The molecule has 21 nitrogen and oxygen atoms in total. The summed E-state index contributed by atoms with van der Waals surface area (Å²) in [5.41, 5.74) is -4.84. The Morgan fingerprint density at radius 1 is 0.333 bits per heavy atom. The first-order valence-electron chi connectivity index (χ1n) is 28.3. The Bertz CT molecular complexity index is 2190. The molecular formula is C60H104N5O16+. The summed E-state index contributed by atoms with van der Waals surface area (Å²) < 4.78 is 47.2. The van der Waals surface area contributed by atoms with Crippen molar-refractivity contribution in [2.45, 2.75) is 306 Å². The van der Waals surface area contributed by atoms with Crippen LogP contribution in [0.15, 0.2) is 12.4 Å². The van der Waals surface area contributed by atoms with E-state index >= 15 is 0 Å². The smallest absolute Gasteiger partial charge is 0.408 e. The minimum absolute atomic E-state index is 0.0278. The number of alkyl carbamates (subject to hydrolysis) is 4. The van der Waals surface area contributed by atoms with E-state index in [1.807, 2.05) is 17.0 Å². The highest BCUT2D eigenvalue weighted by Crippen LogP contribution is 2.25. The lowest BCUT2D eigenvalue weighted by atomic mass is 9.91. The fourth-order valence-electron chi connectivity index (χ4n) is 7.69. The summed E-state index contributed by atoms with van der Waals surface area (Å²) in [4.78, 5) is 108. The van der Waals surface area contributed by atoms with E-state index in [2.05, 4.69) is 21.3 Å². The standard InChI is InChI=1S/C60H103N5O16/c1-53(2,3)74-45(66)41(61-49(70)78-57(13,14)15)29-25-26-35-65-36-38(31-33-43(47(68)76-55(7,8)9)63-51(72)80-59(19,20)21)40(28-27-30-42(46(67)75-54(4,5)6)62-50(71)79-58(16,17)18)39(37-65)32-34-44(48(69)77-56(10,11)12)64-52(73)81-60(22,23)24/h36-37,41-44H,25-35H2,1-24H3,(H3-,61,62,63,64,70,71,72,73)/p+1. The molecule has 1 aromatic rings. The van der Waals surface area contributed by atoms with Crippen molar-refractivity contribution in [1.82, 2.24) is 21.3 Å². The van der Waals surface area contributed by atoms with E-state index in [1.54, 1.807) is 166 Å². The van der Waals surface area contributed by atoms with Crippen LogP contribution in [0, 0.1) is 0 Å². The number of hydrogen-bond acceptors (Lipinski definition) is 16. The molecule has 0 aromatic carbocycles. The molecule has 4 amide bonds. The molecule has 21 heteroatoms. The van der Waals surface area contributed by atoms with Gasteiger partial charge in [0.15, 0.2) is 12.4 Å². The topological polar surface area (TPSA) is 262 Å². The predicted molar refractivity (Wildman–Crippen MR) is 306 cm³/mol. The van der Waals surface area contributed by atoms with Crippen molar-refractivity contribution in [2.24, 2.45) is 0 Å². The second-order valence-electron chi connectivity index (χ2n) is 28.4. The number of amides is 4. The van der Waals surface area contributed by atoms with Crippen LogP contribution in [0.5, 0.6) is 0 Å². The summed E-state index contributed by atoms with van der Waals surface area (Å²) in [5.74, 6) is -2.68. The third-order valence-corrected chi connectivity index (χ3v) is 10.4. The lowest BCUT2D eigenvalue weighted by Gasteiger charge is -2.27. The first kappa shape index (κ1) is 73.1. The zero-order chi connectivity index (χ0) is 62.9. The van der Waals surface area contributed by atoms with E-state index in [0.717, 1.165) is 5.56 Å². The summed E-state index contributed by atoms with van der Waals surface area (Å²) in [6.45, 7) is 41.5. The number of pyridine rings is 1. The average Bonchev–Trinajstić information content (AvgIpc) is 3.19. The molecule has 1 aromatic heterocycles. The molecule has 81 heavy (non-hydrogen) atoms. The number of esters is 4. The molecule has 0 saturated carbocycles. The molecule has 4 atom stereocenters. The number of aromatic nitrogens is 1. The quantitative estimate of drug-likeness (QED) is 0.0344. The van der Waals surface area contributed by atoms with Crippen molar-refractivity contribution in [2.75, 3.05) is 0 Å². The van der Waals surface area contributed by atoms with Crippen LogP contribution in [0.25, 0.3) is 0 Å². The number of nitrogens with zero attached hydrogens (tertiary/aromatic N) is 1. The van der Waals surface area contributed by atoms with E-state index in [0.29, 0.717) is 30.5 Å². The van der Waals surface area contributed by atoms with E-state index in [4.69, 9.17) is 37.9 Å². The van der Waals surface area contributed by atoms with Crippen molar-refractivity contribution in [3.05, 3.63) is 29.1 Å². The molecule has 0 radical (unpaired) electrons. The fourth-order valence-corrected chi connectivity index (χ4v) is 7.69. The lowest BCUT2D eigenvalue weighted by molar-refractivity contribution is -0.698. The summed E-state index contributed by atoms with van der Waals surface area (Å²) in [7, 11) is 0. The van der Waals surface area contributed by atoms with E-state index in [-0.39, 0.29) is 51.4 Å². The van der Waals surface area contributed by atoms with Crippen LogP contribution >= 0.6 is 0 Å². The summed E-state index contributed by atoms with van der Waals surface area (Å²) in [6.07, 6.45) is 2.75. The van der Waals surface area contributed by atoms with Crippen LogP contribution in [-0.4, -0.2) is 117 Å². The monoisotopic (exact) mass is 1150 g/mol. The van der Waals surface area contributed by atoms with Gasteiger partial charge in [0.2, 0.25) is 0 Å². The number of rotatable bonds is 23. The Morgan fingerprint density at radius 2 is 0.568 bits per heavy atom. The minimum atomic E-state index is -1.18. The molecule has 0 bridgehead atoms. The lowest BCUT2D eigenvalue weighted by Crippen LogP contribution is -2.46. The van der Waals surface area contributed by atoms with Crippen LogP contribution in [0.1, 0.15) is 228 Å². The molecule has 4 N–H and O–H groups in total. The Balaban J connectivity index is 4.25. The first-order valence-corrected chi connectivity index (χ1v) is 28.3. The maximum Gasteiger partial charge on any atom is 0.408 e. The molecule has 4 unspecified atom stereocenters. The van der Waals surface area contributed by atoms with Gasteiger partial charge in [-0.1, -0.05) is 0 Å². The minimum Gasteiger partial charge on any atom is -0.458 e. The number of hydrogen-bond donors (Lipinski definition) is 4. The van der Waals surface area contributed by atoms with Gasteiger partial charge in [-0.05, 0) is 230 Å². The number of nitrogens with one attached hydrogen (secondary N) is 4. The van der Waals surface area contributed by atoms with Crippen molar-refractivity contribution < 1.29 is 80.8 Å². The van der Waals surface area contributed by atoms with Crippen LogP contribution in [-0.2, 0) is 82.9 Å². The molecule has 0 fully saturated rings. The SMILES string of the molecule is CC(C)(C)OC(=O)NC(CCCC[n+]1cc(CCC(NC(=O)OC(C)(C)C)C(=O)OC(C)(C)C)c(CCCC(NC(=O)OC(C)(C)C)C(=O)OC(C)(C)C)c(CCC(NC(=O)OC(C)(C)C)C(=O)OC(C)(C)C)c1)C(=O)OC(C)(C)C. The summed E-state index contributed by atoms with van der Waals surface area (Å²) in [6, 6.07) is -4.53. The Hall–Kier alpha value is -5.89. The number of carbonyl (C=O) groups is 8. The molecule has 1 heterocycles. The number of aryl methyl sites for hydroxylation is 3. The zero-order valence-corrected chi connectivity index (χ0v) is 53.7. The second-order valence-corrected chi connectivity index (χ2v) is 28.4. The van der Waals surface area contributed by atoms with Gasteiger partial charge in [-0.3, -0.25) is 0 Å². The van der Waals surface area contributed by atoms with Crippen LogP contribution in [0.2, 0.25) is 0 Å². The second kappa shape index (κ2) is 29.9. The summed E-state index contributed by atoms with van der Waals surface area (Å²) in [5, 5.41) is 10.8. The zero-order valence-electron chi connectivity index (χ0n) is 53.7. The van der Waals surface area contributed by atoms with Gasteiger partial charge in [0, 0.05) is 17.5 Å². The van der Waals surface area contributed by atoms with Crippen molar-refractivity contribution in [3.8, 4) is 0 Å². The average molecular weight is 1150 g/mol. The van der Waals surface area contributed by atoms with Gasteiger partial charge >= 0.3 is 48.3 Å². The van der Waals surface area contributed by atoms with Crippen molar-refractivity contribution in [1.29, 1.82) is 0 Å². The normalized spacial score (nSPS) is 14.2. The maximum atomic E-state index is 13.9. The predicted octanol–water partition coefficient (Wildman–Crippen LogP) is 10.3. The van der Waals surface area contributed by atoms with Crippen LogP contribution in [0.4, 0.5) is 19.2 Å². The van der Waals surface area contributed by atoms with Gasteiger partial charge in [-0.25, -0.2) is 42.9 Å². The van der Waals surface area contributed by atoms with Crippen molar-refractivity contribution >= 4 is 48.3 Å². The van der Waals surface area contributed by atoms with E-state index in [1.165, 1.54) is 0 Å². The molecule has 0 spiro atoms. The summed E-state index contributed by atoms with van der Waals surface area (Å²) >= 11 is 0. The van der Waals surface area contributed by atoms with Gasteiger partial charge in [-0.2, -0.15) is 0 Å². The van der Waals surface area contributed by atoms with E-state index < -0.39 is 117 Å². The number of carbonyl (C=O) groups excluding carboxylic acids is 8. The highest BCUT2D eigenvalue weighted by atomic mass is 16.6. The Kier molecular flexibility index (Phi) is 27.0. The maximum absolute atomic E-state index is 13.9. The van der Waals surface area contributed by atoms with Gasteiger partial charge < -0.3 is 59.2 Å². The van der Waals surface area contributed by atoms with Gasteiger partial charge in [0.1, 0.15) is 75.5 Å². The fraction of sp³-hybridized carbons (Fsp3) is 0.783. The number of unbranched alkanes of at least 4 members (excludes halogenated alkanes) is 1. The van der Waals surface area contributed by atoms with Gasteiger partial charge in [0.25, 0.3) is 0 Å². The molecular weight excluding hydrogens is 1050 g/mol. The molecule has 0 aliphatic heterocycles. The number of ether oxygens (including phenoxy) is 8. The third-order valence-electron chi connectivity index (χ3n) is 10.4. The van der Waals surface area contributed by atoms with Gasteiger partial charge in [-0.15, -0.1) is 0 Å². The van der Waals surface area contributed by atoms with Crippen LogP contribution in [0.3, 0.4) is 0 Å². The molecule has 1 rings (SSSR count). The molecule has 464 valence electrons.